The molecule has 1 fully saturated rings. The van der Waals surface area contributed by atoms with Crippen molar-refractivity contribution in [2.45, 2.75) is 32.5 Å². The molecular weight excluding hydrogens is 246 g/mol. The lowest BCUT2D eigenvalue weighted by Crippen LogP contribution is -2.49. The summed E-state index contributed by atoms with van der Waals surface area (Å²) in [5.74, 6) is 0. The molecule has 1 N–H and O–H groups in total. The van der Waals surface area contributed by atoms with Crippen LogP contribution in [0.15, 0.2) is 48.5 Å². The van der Waals surface area contributed by atoms with E-state index in [1.165, 1.54) is 22.3 Å². The van der Waals surface area contributed by atoms with Crippen LogP contribution in [0.5, 0.6) is 0 Å². The molecule has 3 rings (SSSR count). The Bertz CT molecular complexity index is 528. The number of rotatable bonds is 3. The summed E-state index contributed by atoms with van der Waals surface area (Å²) < 4.78 is 0. The molecule has 1 saturated heterocycles. The van der Waals surface area contributed by atoms with E-state index in [2.05, 4.69) is 67.3 Å². The lowest BCUT2D eigenvalue weighted by molar-refractivity contribution is -0.0922. The third-order valence-corrected chi connectivity index (χ3v) is 4.15. The highest BCUT2D eigenvalue weighted by Crippen LogP contribution is 2.35. The first-order valence-electron chi connectivity index (χ1n) is 7.22. The van der Waals surface area contributed by atoms with Crippen molar-refractivity contribution in [1.82, 2.24) is 4.90 Å². The fraction of sp³-hybridized carbons (Fsp3) is 0.333. The minimum atomic E-state index is -0.317. The van der Waals surface area contributed by atoms with E-state index < -0.39 is 0 Å². The Morgan fingerprint density at radius 2 is 1.35 bits per heavy atom. The fourth-order valence-corrected chi connectivity index (χ4v) is 2.77. The van der Waals surface area contributed by atoms with E-state index in [0.717, 1.165) is 13.0 Å². The van der Waals surface area contributed by atoms with Crippen LogP contribution in [0, 0.1) is 13.8 Å². The molecule has 1 atom stereocenters. The molecule has 1 aliphatic heterocycles. The number of likely N-dealkylation sites (tertiary alicyclic amines) is 1. The molecule has 0 spiro atoms. The molecule has 0 bridgehead atoms. The van der Waals surface area contributed by atoms with Crippen molar-refractivity contribution in [3.63, 3.8) is 0 Å². The number of nitrogens with zero attached hydrogens (tertiary/aromatic N) is 1. The van der Waals surface area contributed by atoms with Crippen molar-refractivity contribution >= 4 is 0 Å². The molecule has 104 valence electrons. The first kappa shape index (κ1) is 13.3. The van der Waals surface area contributed by atoms with E-state index in [4.69, 9.17) is 0 Å². The quantitative estimate of drug-likeness (QED) is 0.921. The maximum atomic E-state index is 10.0. The maximum Gasteiger partial charge on any atom is 0.109 e. The van der Waals surface area contributed by atoms with E-state index in [1.54, 1.807) is 0 Å². The van der Waals surface area contributed by atoms with Crippen molar-refractivity contribution in [3.8, 4) is 0 Å². The normalized spacial score (nSPS) is 19.1. The van der Waals surface area contributed by atoms with Crippen LogP contribution in [0.3, 0.4) is 0 Å². The van der Waals surface area contributed by atoms with E-state index in [-0.39, 0.29) is 12.3 Å². The predicted octanol–water partition coefficient (Wildman–Crippen LogP) is 3.42. The average Bonchev–Trinajstić information content (AvgIpc) is 2.45. The zero-order valence-electron chi connectivity index (χ0n) is 12.1. The van der Waals surface area contributed by atoms with Gasteiger partial charge >= 0.3 is 0 Å². The summed E-state index contributed by atoms with van der Waals surface area (Å²) in [7, 11) is 0. The zero-order chi connectivity index (χ0) is 14.1. The first-order chi connectivity index (χ1) is 9.65. The van der Waals surface area contributed by atoms with Gasteiger partial charge < -0.3 is 5.11 Å². The minimum absolute atomic E-state index is 0.153. The Morgan fingerprint density at radius 1 is 0.900 bits per heavy atom. The first-order valence-corrected chi connectivity index (χ1v) is 7.22. The van der Waals surface area contributed by atoms with Crippen LogP contribution in [-0.4, -0.2) is 22.8 Å². The van der Waals surface area contributed by atoms with Gasteiger partial charge in [0.1, 0.15) is 6.23 Å². The van der Waals surface area contributed by atoms with E-state index in [0.29, 0.717) is 0 Å². The van der Waals surface area contributed by atoms with Crippen molar-refractivity contribution in [1.29, 1.82) is 0 Å². The number of aryl methyl sites for hydroxylation is 2. The van der Waals surface area contributed by atoms with Crippen molar-refractivity contribution < 1.29 is 5.11 Å². The van der Waals surface area contributed by atoms with Crippen molar-refractivity contribution in [2.24, 2.45) is 0 Å². The number of hydrogen-bond acceptors (Lipinski definition) is 2. The third-order valence-electron chi connectivity index (χ3n) is 4.15. The summed E-state index contributed by atoms with van der Waals surface area (Å²) in [5, 5.41) is 10.0. The summed E-state index contributed by atoms with van der Waals surface area (Å²) in [4.78, 5) is 2.16. The molecule has 0 saturated carbocycles. The Labute approximate surface area is 120 Å². The van der Waals surface area contributed by atoms with Crippen molar-refractivity contribution in [2.75, 3.05) is 6.54 Å². The number of aliphatic hydroxyl groups excluding tert-OH is 1. The summed E-state index contributed by atoms with van der Waals surface area (Å²) in [6, 6.07) is 17.4. The average molecular weight is 267 g/mol. The monoisotopic (exact) mass is 267 g/mol. The van der Waals surface area contributed by atoms with Crippen LogP contribution >= 0.6 is 0 Å². The Morgan fingerprint density at radius 3 is 1.65 bits per heavy atom. The second kappa shape index (κ2) is 5.39. The van der Waals surface area contributed by atoms with E-state index in [1.807, 2.05) is 0 Å². The molecule has 1 aliphatic rings. The summed E-state index contributed by atoms with van der Waals surface area (Å²) >= 11 is 0. The van der Waals surface area contributed by atoms with Gasteiger partial charge in [-0.15, -0.1) is 0 Å². The Kier molecular flexibility index (Phi) is 3.60. The fourth-order valence-electron chi connectivity index (χ4n) is 2.77. The van der Waals surface area contributed by atoms with Gasteiger partial charge in [-0.2, -0.15) is 0 Å². The van der Waals surface area contributed by atoms with Gasteiger partial charge in [-0.3, -0.25) is 4.90 Å². The maximum absolute atomic E-state index is 10.0. The van der Waals surface area contributed by atoms with Crippen LogP contribution < -0.4 is 0 Å². The van der Waals surface area contributed by atoms with Crippen molar-refractivity contribution in [3.05, 3.63) is 70.8 Å². The van der Waals surface area contributed by atoms with Crippen LogP contribution in [0.4, 0.5) is 0 Å². The molecule has 2 nitrogen and oxygen atoms in total. The largest absolute Gasteiger partial charge is 0.378 e. The van der Waals surface area contributed by atoms with Gasteiger partial charge in [0, 0.05) is 6.54 Å². The summed E-state index contributed by atoms with van der Waals surface area (Å²) in [6.07, 6.45) is 0.552. The standard InChI is InChI=1S/C18H21NO/c1-13-3-7-15(8-4-13)18(19-12-11-17(19)20)16-9-5-14(2)6-10-16/h3-10,17-18,20H,11-12H2,1-2H3. The summed E-state index contributed by atoms with van der Waals surface area (Å²) in [5.41, 5.74) is 5.03. The van der Waals surface area contributed by atoms with Gasteiger partial charge in [-0.25, -0.2) is 0 Å². The van der Waals surface area contributed by atoms with Gasteiger partial charge in [-0.05, 0) is 31.4 Å². The van der Waals surface area contributed by atoms with Crippen LogP contribution in [0.2, 0.25) is 0 Å². The highest BCUT2D eigenvalue weighted by atomic mass is 16.3. The van der Waals surface area contributed by atoms with Gasteiger partial charge in [0.05, 0.1) is 6.04 Å². The number of benzene rings is 2. The Balaban J connectivity index is 1.99. The Hall–Kier alpha value is -1.64. The molecular formula is C18H21NO. The lowest BCUT2D eigenvalue weighted by Gasteiger charge is -2.43. The molecule has 0 aliphatic carbocycles. The van der Waals surface area contributed by atoms with Gasteiger partial charge in [0.25, 0.3) is 0 Å². The second-order valence-corrected chi connectivity index (χ2v) is 5.73. The molecule has 1 unspecified atom stereocenters. The SMILES string of the molecule is Cc1ccc(C(c2ccc(C)cc2)N2CCC2O)cc1. The molecule has 1 heterocycles. The molecule has 2 aromatic rings. The van der Waals surface area contributed by atoms with E-state index >= 15 is 0 Å². The molecule has 2 heteroatoms. The molecule has 0 amide bonds. The van der Waals surface area contributed by atoms with Gasteiger partial charge in [0.15, 0.2) is 0 Å². The molecule has 0 radical (unpaired) electrons. The van der Waals surface area contributed by atoms with E-state index in [9.17, 15) is 5.11 Å². The third kappa shape index (κ3) is 2.49. The van der Waals surface area contributed by atoms with Crippen LogP contribution in [0.25, 0.3) is 0 Å². The predicted molar refractivity (Wildman–Crippen MR) is 81.5 cm³/mol. The molecule has 2 aromatic carbocycles. The minimum Gasteiger partial charge on any atom is -0.378 e. The van der Waals surface area contributed by atoms with Crippen LogP contribution in [-0.2, 0) is 0 Å². The van der Waals surface area contributed by atoms with Crippen LogP contribution in [0.1, 0.15) is 34.7 Å². The second-order valence-electron chi connectivity index (χ2n) is 5.73. The zero-order valence-corrected chi connectivity index (χ0v) is 12.1. The number of hydrogen-bond donors (Lipinski definition) is 1. The molecule has 0 aromatic heterocycles. The topological polar surface area (TPSA) is 23.5 Å². The highest BCUT2D eigenvalue weighted by Gasteiger charge is 2.34. The van der Waals surface area contributed by atoms with Gasteiger partial charge in [0.2, 0.25) is 0 Å². The summed E-state index contributed by atoms with van der Waals surface area (Å²) in [6.45, 7) is 5.15. The highest BCUT2D eigenvalue weighted by molar-refractivity contribution is 5.35. The molecule has 20 heavy (non-hydrogen) atoms. The number of aliphatic hydroxyl groups is 1. The smallest absolute Gasteiger partial charge is 0.109 e. The van der Waals surface area contributed by atoms with Gasteiger partial charge in [-0.1, -0.05) is 59.7 Å². The lowest BCUT2D eigenvalue weighted by atomic mass is 9.93.